The van der Waals surface area contributed by atoms with Crippen molar-refractivity contribution in [1.82, 2.24) is 4.98 Å². The molecule has 3 heteroatoms. The third kappa shape index (κ3) is 3.18. The third-order valence-electron chi connectivity index (χ3n) is 1.43. The highest BCUT2D eigenvalue weighted by molar-refractivity contribution is 4.82. The van der Waals surface area contributed by atoms with Crippen molar-refractivity contribution in [3.63, 3.8) is 0 Å². The average Bonchev–Trinajstić information content (AvgIpc) is 2.32. The van der Waals surface area contributed by atoms with Gasteiger partial charge in [-0.05, 0) is 20.3 Å². The first-order valence-corrected chi connectivity index (χ1v) is 3.69. The van der Waals surface area contributed by atoms with Crippen LogP contribution >= 0.6 is 0 Å². The summed E-state index contributed by atoms with van der Waals surface area (Å²) in [5.41, 5.74) is -0.630. The van der Waals surface area contributed by atoms with Gasteiger partial charge in [0.1, 0.15) is 6.26 Å². The molecule has 0 fully saturated rings. The van der Waals surface area contributed by atoms with E-state index >= 15 is 0 Å². The minimum Gasteiger partial charge on any atom is -0.449 e. The second kappa shape index (κ2) is 3.05. The molecule has 62 valence electrons. The molecule has 0 saturated carbocycles. The van der Waals surface area contributed by atoms with Gasteiger partial charge < -0.3 is 9.52 Å². The van der Waals surface area contributed by atoms with Crippen LogP contribution in [-0.4, -0.2) is 15.7 Å². The Morgan fingerprint density at radius 3 is 2.82 bits per heavy atom. The molecule has 0 aliphatic rings. The third-order valence-corrected chi connectivity index (χ3v) is 1.43. The van der Waals surface area contributed by atoms with Crippen LogP contribution in [0.15, 0.2) is 16.9 Å². The average molecular weight is 155 g/mol. The quantitative estimate of drug-likeness (QED) is 0.717. The zero-order chi connectivity index (χ0) is 8.32. The fraction of sp³-hybridized carbons (Fsp3) is 0.625. The predicted octanol–water partition coefficient (Wildman–Crippen LogP) is 1.38. The van der Waals surface area contributed by atoms with Crippen LogP contribution in [0.25, 0.3) is 0 Å². The van der Waals surface area contributed by atoms with Crippen molar-refractivity contribution in [2.45, 2.75) is 32.3 Å². The number of nitrogens with zero attached hydrogens (tertiary/aromatic N) is 1. The zero-order valence-electron chi connectivity index (χ0n) is 6.87. The molecule has 1 heterocycles. The van der Waals surface area contributed by atoms with Crippen molar-refractivity contribution >= 4 is 0 Å². The lowest BCUT2D eigenvalue weighted by Crippen LogP contribution is -2.19. The Bertz CT molecular complexity index is 198. The first kappa shape index (κ1) is 8.27. The van der Waals surface area contributed by atoms with Gasteiger partial charge in [-0.3, -0.25) is 0 Å². The minimum absolute atomic E-state index is 0.630. The maximum atomic E-state index is 9.35. The summed E-state index contributed by atoms with van der Waals surface area (Å²) in [6.07, 6.45) is 4.52. The molecule has 0 aromatic carbocycles. The minimum atomic E-state index is -0.630. The topological polar surface area (TPSA) is 46.3 Å². The Morgan fingerprint density at radius 2 is 2.36 bits per heavy atom. The first-order chi connectivity index (χ1) is 5.08. The van der Waals surface area contributed by atoms with Gasteiger partial charge in [-0.25, -0.2) is 4.98 Å². The lowest BCUT2D eigenvalue weighted by atomic mass is 10.0. The fourth-order valence-electron chi connectivity index (χ4n) is 0.789. The monoisotopic (exact) mass is 155 g/mol. The molecule has 0 spiro atoms. The summed E-state index contributed by atoms with van der Waals surface area (Å²) in [5, 5.41) is 9.35. The molecule has 1 rings (SSSR count). The van der Waals surface area contributed by atoms with Crippen LogP contribution < -0.4 is 0 Å². The zero-order valence-corrected chi connectivity index (χ0v) is 6.87. The van der Waals surface area contributed by atoms with Crippen molar-refractivity contribution in [3.05, 3.63) is 18.4 Å². The summed E-state index contributed by atoms with van der Waals surface area (Å²) >= 11 is 0. The van der Waals surface area contributed by atoms with Gasteiger partial charge >= 0.3 is 0 Å². The Labute approximate surface area is 66.1 Å². The number of oxazole rings is 1. The summed E-state index contributed by atoms with van der Waals surface area (Å²) in [6.45, 7) is 3.55. The molecule has 1 aromatic rings. The van der Waals surface area contributed by atoms with Crippen molar-refractivity contribution in [3.8, 4) is 0 Å². The van der Waals surface area contributed by atoms with Crippen LogP contribution in [0.2, 0.25) is 0 Å². The van der Waals surface area contributed by atoms with Crippen LogP contribution in [0.3, 0.4) is 0 Å². The maximum absolute atomic E-state index is 9.35. The highest BCUT2D eigenvalue weighted by Gasteiger charge is 2.13. The number of hydrogen-bond donors (Lipinski definition) is 1. The molecule has 3 nitrogen and oxygen atoms in total. The van der Waals surface area contributed by atoms with E-state index in [1.54, 1.807) is 26.3 Å². The second-order valence-corrected chi connectivity index (χ2v) is 3.24. The Hall–Kier alpha value is -0.830. The SMILES string of the molecule is CC(C)(O)CCc1ncco1. The first-order valence-electron chi connectivity index (χ1n) is 3.69. The molecule has 0 unspecified atom stereocenters. The molecule has 0 atom stereocenters. The molecule has 1 aromatic heterocycles. The van der Waals surface area contributed by atoms with E-state index in [0.29, 0.717) is 18.7 Å². The summed E-state index contributed by atoms with van der Waals surface area (Å²) < 4.78 is 5.01. The number of aliphatic hydroxyl groups is 1. The van der Waals surface area contributed by atoms with Crippen LogP contribution in [0.4, 0.5) is 0 Å². The van der Waals surface area contributed by atoms with Gasteiger partial charge in [0.05, 0.1) is 11.8 Å². The molecule has 0 radical (unpaired) electrons. The summed E-state index contributed by atoms with van der Waals surface area (Å²) in [6, 6.07) is 0. The van der Waals surface area contributed by atoms with Crippen molar-refractivity contribution in [1.29, 1.82) is 0 Å². The lowest BCUT2D eigenvalue weighted by Gasteiger charge is -2.14. The van der Waals surface area contributed by atoms with E-state index in [2.05, 4.69) is 4.98 Å². The molecular weight excluding hydrogens is 142 g/mol. The van der Waals surface area contributed by atoms with Gasteiger partial charge in [0, 0.05) is 6.42 Å². The van der Waals surface area contributed by atoms with E-state index in [0.717, 1.165) is 0 Å². The van der Waals surface area contributed by atoms with Gasteiger partial charge in [-0.2, -0.15) is 0 Å². The molecule has 0 bridgehead atoms. The highest BCUT2D eigenvalue weighted by Crippen LogP contribution is 2.11. The van der Waals surface area contributed by atoms with Crippen molar-refractivity contribution in [2.24, 2.45) is 0 Å². The Morgan fingerprint density at radius 1 is 1.64 bits per heavy atom. The van der Waals surface area contributed by atoms with Crippen LogP contribution in [-0.2, 0) is 6.42 Å². The predicted molar refractivity (Wildman–Crippen MR) is 41.1 cm³/mol. The number of hydrogen-bond acceptors (Lipinski definition) is 3. The van der Waals surface area contributed by atoms with E-state index in [1.807, 2.05) is 0 Å². The van der Waals surface area contributed by atoms with Gasteiger partial charge in [0.2, 0.25) is 0 Å². The molecule has 0 aliphatic carbocycles. The lowest BCUT2D eigenvalue weighted by molar-refractivity contribution is 0.0694. The second-order valence-electron chi connectivity index (χ2n) is 3.24. The largest absolute Gasteiger partial charge is 0.449 e. The summed E-state index contributed by atoms with van der Waals surface area (Å²) in [5.74, 6) is 0.687. The normalized spacial score (nSPS) is 11.9. The van der Waals surface area contributed by atoms with E-state index in [-0.39, 0.29) is 0 Å². The Kier molecular flexibility index (Phi) is 2.29. The molecular formula is C8H13NO2. The van der Waals surface area contributed by atoms with Gasteiger partial charge in [-0.1, -0.05) is 0 Å². The van der Waals surface area contributed by atoms with Gasteiger partial charge in [-0.15, -0.1) is 0 Å². The van der Waals surface area contributed by atoms with E-state index in [1.165, 1.54) is 0 Å². The van der Waals surface area contributed by atoms with Crippen LogP contribution in [0.1, 0.15) is 26.2 Å². The number of rotatable bonds is 3. The number of aryl methyl sites for hydroxylation is 1. The van der Waals surface area contributed by atoms with Crippen molar-refractivity contribution in [2.75, 3.05) is 0 Å². The Balaban J connectivity index is 2.35. The summed E-state index contributed by atoms with van der Waals surface area (Å²) in [7, 11) is 0. The maximum Gasteiger partial charge on any atom is 0.194 e. The molecule has 11 heavy (non-hydrogen) atoms. The van der Waals surface area contributed by atoms with Crippen LogP contribution in [0.5, 0.6) is 0 Å². The highest BCUT2D eigenvalue weighted by atomic mass is 16.3. The molecule has 0 amide bonds. The standard InChI is InChI=1S/C8H13NO2/c1-8(2,10)4-3-7-9-5-6-11-7/h5-6,10H,3-4H2,1-2H3. The van der Waals surface area contributed by atoms with E-state index in [9.17, 15) is 5.11 Å². The fourth-order valence-corrected chi connectivity index (χ4v) is 0.789. The molecule has 1 N–H and O–H groups in total. The molecule has 0 saturated heterocycles. The van der Waals surface area contributed by atoms with Crippen molar-refractivity contribution < 1.29 is 9.52 Å². The molecule has 0 aliphatic heterocycles. The number of aromatic nitrogens is 1. The van der Waals surface area contributed by atoms with Gasteiger partial charge in [0.15, 0.2) is 5.89 Å². The van der Waals surface area contributed by atoms with Crippen LogP contribution in [0, 0.1) is 0 Å². The van der Waals surface area contributed by atoms with E-state index < -0.39 is 5.60 Å². The van der Waals surface area contributed by atoms with E-state index in [4.69, 9.17) is 4.42 Å². The summed E-state index contributed by atoms with van der Waals surface area (Å²) in [4.78, 5) is 3.94. The van der Waals surface area contributed by atoms with Gasteiger partial charge in [0.25, 0.3) is 0 Å². The smallest absolute Gasteiger partial charge is 0.194 e.